The Labute approximate surface area is 375 Å². The number of hydrogen-bond acceptors (Lipinski definition) is 6. The van der Waals surface area contributed by atoms with Crippen LogP contribution < -0.4 is 19.3 Å². The number of carbonyl (C=O) groups excluding carboxylic acids is 1. The molecule has 0 fully saturated rings. The zero-order chi connectivity index (χ0) is 43.0. The number of ether oxygens (including phenoxy) is 3. The van der Waals surface area contributed by atoms with Crippen molar-refractivity contribution in [3.63, 3.8) is 0 Å². The molecule has 0 bridgehead atoms. The number of hydrogen-bond donors (Lipinski definition) is 0. The van der Waals surface area contributed by atoms with Gasteiger partial charge in [0.1, 0.15) is 11.5 Å². The molecule has 0 radical (unpaired) electrons. The highest BCUT2D eigenvalue weighted by atomic mass is 35.5. The van der Waals surface area contributed by atoms with Crippen molar-refractivity contribution in [1.29, 1.82) is 0 Å². The summed E-state index contributed by atoms with van der Waals surface area (Å²) in [4.78, 5) is 19.0. The molecule has 0 amide bonds. The van der Waals surface area contributed by atoms with E-state index < -0.39 is 11.6 Å². The van der Waals surface area contributed by atoms with Gasteiger partial charge < -0.3 is 24.0 Å². The maximum atomic E-state index is 14.3. The van der Waals surface area contributed by atoms with Crippen molar-refractivity contribution < 1.29 is 19.0 Å². The molecule has 1 heterocycles. The molecule has 1 aliphatic heterocycles. The summed E-state index contributed by atoms with van der Waals surface area (Å²) in [5.74, 6) is 0.792. The number of halogens is 4. The molecular weight excluding hydrogens is 834 g/mol. The van der Waals surface area contributed by atoms with Crippen molar-refractivity contribution in [2.45, 2.75) is 60.0 Å². The fourth-order valence-corrected chi connectivity index (χ4v) is 8.84. The molecule has 0 aliphatic carbocycles. The van der Waals surface area contributed by atoms with Gasteiger partial charge in [-0.05, 0) is 135 Å². The van der Waals surface area contributed by atoms with Crippen LogP contribution in [0.4, 0.5) is 11.4 Å². The Morgan fingerprint density at radius 2 is 0.917 bits per heavy atom. The molecule has 0 spiro atoms. The summed E-state index contributed by atoms with van der Waals surface area (Å²) in [6, 6.07) is 32.6. The molecule has 5 aromatic rings. The summed E-state index contributed by atoms with van der Waals surface area (Å²) in [7, 11) is 0. The number of cyclic esters (lactones) is 1. The average molecular weight is 887 g/mol. The number of esters is 1. The highest BCUT2D eigenvalue weighted by Gasteiger charge is 2.48. The number of carbonyl (C=O) groups is 1. The van der Waals surface area contributed by atoms with Crippen LogP contribution >= 0.6 is 46.4 Å². The van der Waals surface area contributed by atoms with E-state index in [1.54, 1.807) is 0 Å². The number of nitrogens with zero attached hydrogens (tertiary/aromatic N) is 2. The van der Waals surface area contributed by atoms with E-state index in [1.807, 2.05) is 74.5 Å². The monoisotopic (exact) mass is 884 g/mol. The molecule has 6 nitrogen and oxygen atoms in total. The highest BCUT2D eigenvalue weighted by Crippen LogP contribution is 2.53. The normalized spacial score (nSPS) is 15.1. The standard InChI is InChI=1S/C50H52Cl4N2O4/c1-7-29-55(9-3)37-21-13-33(14-22-37)41(35-17-25-39(26-18-35)58-11-5)31-50(44-43(49(57)60-50)45(51)47(53)48(54)46(44)52)32-42(36-19-27-40(28-20-36)59-12-6)34-15-23-38(24-16-34)56(10-4)30-8-2/h13-28,31-32H,7-12,29-30H2,1-6H3. The molecule has 10 heteroatoms. The number of anilines is 2. The SMILES string of the molecule is CCCN(CC)c1ccc(C(=CC2(C=C(c3ccc(OCC)cc3)c3ccc(N(CC)CCC)cc3)OC(=O)c3c(Cl)c(Cl)c(Cl)c(Cl)c32)c2ccc(OCC)cc2)cc1. The van der Waals surface area contributed by atoms with Crippen LogP contribution in [-0.4, -0.2) is 45.4 Å². The van der Waals surface area contributed by atoms with Gasteiger partial charge in [0.15, 0.2) is 5.60 Å². The van der Waals surface area contributed by atoms with Crippen molar-refractivity contribution >= 4 is 74.9 Å². The van der Waals surface area contributed by atoms with E-state index in [0.717, 1.165) is 95.3 Å². The van der Waals surface area contributed by atoms with Crippen molar-refractivity contribution in [2.75, 3.05) is 49.2 Å². The molecule has 0 unspecified atom stereocenters. The van der Waals surface area contributed by atoms with Crippen LogP contribution in [0.15, 0.2) is 109 Å². The maximum Gasteiger partial charge on any atom is 0.341 e. The molecule has 5 aromatic carbocycles. The first-order valence-corrected chi connectivity index (χ1v) is 22.3. The molecule has 0 atom stereocenters. The Kier molecular flexibility index (Phi) is 15.2. The van der Waals surface area contributed by atoms with Gasteiger partial charge >= 0.3 is 5.97 Å². The minimum Gasteiger partial charge on any atom is -0.494 e. The van der Waals surface area contributed by atoms with Crippen LogP contribution in [-0.2, 0) is 10.3 Å². The van der Waals surface area contributed by atoms with Gasteiger partial charge in [0.2, 0.25) is 0 Å². The van der Waals surface area contributed by atoms with E-state index in [9.17, 15) is 4.79 Å². The van der Waals surface area contributed by atoms with Crippen molar-refractivity contribution in [3.8, 4) is 11.5 Å². The molecule has 0 saturated carbocycles. The fourth-order valence-electron chi connectivity index (χ4n) is 7.76. The van der Waals surface area contributed by atoms with Crippen LogP contribution in [0.5, 0.6) is 11.5 Å². The summed E-state index contributed by atoms with van der Waals surface area (Å²) in [5, 5.41) is 0.0440. The molecule has 0 aromatic heterocycles. The molecular formula is C50H52Cl4N2O4. The number of benzene rings is 5. The number of rotatable bonds is 18. The average Bonchev–Trinajstić information content (AvgIpc) is 3.56. The van der Waals surface area contributed by atoms with Gasteiger partial charge in [-0.25, -0.2) is 4.79 Å². The molecule has 1 aliphatic rings. The Bertz CT molecular complexity index is 2200. The minimum atomic E-state index is -1.64. The molecule has 60 heavy (non-hydrogen) atoms. The predicted octanol–water partition coefficient (Wildman–Crippen LogP) is 14.2. The van der Waals surface area contributed by atoms with E-state index in [1.165, 1.54) is 0 Å². The molecule has 314 valence electrons. The molecule has 0 N–H and O–H groups in total. The molecule has 6 rings (SSSR count). The first-order valence-electron chi connectivity index (χ1n) is 20.7. The summed E-state index contributed by atoms with van der Waals surface area (Å²) in [6.45, 7) is 17.3. The van der Waals surface area contributed by atoms with E-state index in [4.69, 9.17) is 60.6 Å². The third-order valence-corrected chi connectivity index (χ3v) is 12.4. The van der Waals surface area contributed by atoms with Crippen molar-refractivity contribution in [2.24, 2.45) is 0 Å². The summed E-state index contributed by atoms with van der Waals surface area (Å²) < 4.78 is 18.3. The lowest BCUT2D eigenvalue weighted by Crippen LogP contribution is -2.24. The third kappa shape index (κ3) is 9.48. The second kappa shape index (κ2) is 20.3. The first-order chi connectivity index (χ1) is 29.0. The lowest BCUT2D eigenvalue weighted by Gasteiger charge is -2.28. The summed E-state index contributed by atoms with van der Waals surface area (Å²) in [6.07, 6.45) is 5.94. The maximum absolute atomic E-state index is 14.3. The van der Waals surface area contributed by atoms with Crippen LogP contribution in [0.25, 0.3) is 11.1 Å². The van der Waals surface area contributed by atoms with Crippen molar-refractivity contribution in [3.05, 3.63) is 163 Å². The lowest BCUT2D eigenvalue weighted by atomic mass is 9.83. The van der Waals surface area contributed by atoms with Crippen molar-refractivity contribution in [1.82, 2.24) is 0 Å². The van der Waals surface area contributed by atoms with Gasteiger partial charge in [0.05, 0.1) is 38.9 Å². The van der Waals surface area contributed by atoms with E-state index >= 15 is 0 Å². The highest BCUT2D eigenvalue weighted by molar-refractivity contribution is 6.53. The largest absolute Gasteiger partial charge is 0.494 e. The first kappa shape index (κ1) is 44.9. The Balaban J connectivity index is 1.69. The Morgan fingerprint density at radius 3 is 1.27 bits per heavy atom. The topological polar surface area (TPSA) is 51.2 Å². The zero-order valence-electron chi connectivity index (χ0n) is 35.1. The van der Waals surface area contributed by atoms with E-state index in [0.29, 0.717) is 18.8 Å². The fraction of sp³-hybridized carbons (Fsp3) is 0.300. The van der Waals surface area contributed by atoms with Gasteiger partial charge in [-0.1, -0.05) is 109 Å². The van der Waals surface area contributed by atoms with Gasteiger partial charge in [-0.3, -0.25) is 0 Å². The summed E-state index contributed by atoms with van der Waals surface area (Å²) >= 11 is 27.6. The van der Waals surface area contributed by atoms with Gasteiger partial charge in [-0.15, -0.1) is 0 Å². The van der Waals surface area contributed by atoms with Crippen LogP contribution in [0, 0.1) is 0 Å². The smallest absolute Gasteiger partial charge is 0.341 e. The Hall–Kier alpha value is -4.59. The predicted molar refractivity (Wildman–Crippen MR) is 252 cm³/mol. The van der Waals surface area contributed by atoms with Gasteiger partial charge in [0, 0.05) is 43.1 Å². The van der Waals surface area contributed by atoms with E-state index in [-0.39, 0.29) is 25.7 Å². The van der Waals surface area contributed by atoms with Gasteiger partial charge in [0.25, 0.3) is 0 Å². The van der Waals surface area contributed by atoms with Crippen LogP contribution in [0.1, 0.15) is 92.6 Å². The second-order valence-corrected chi connectivity index (χ2v) is 16.0. The second-order valence-electron chi connectivity index (χ2n) is 14.5. The zero-order valence-corrected chi connectivity index (χ0v) is 38.1. The minimum absolute atomic E-state index is 0.0208. The van der Waals surface area contributed by atoms with Crippen LogP contribution in [0.2, 0.25) is 20.1 Å². The summed E-state index contributed by atoms with van der Waals surface area (Å²) in [5.41, 5.74) is 5.97. The van der Waals surface area contributed by atoms with Crippen LogP contribution in [0.3, 0.4) is 0 Å². The molecule has 0 saturated heterocycles. The lowest BCUT2D eigenvalue weighted by molar-refractivity contribution is 0.0300. The van der Waals surface area contributed by atoms with Gasteiger partial charge in [-0.2, -0.15) is 0 Å². The van der Waals surface area contributed by atoms with E-state index in [2.05, 4.69) is 86.0 Å². The number of fused-ring (bicyclic) bond motifs is 1. The Morgan fingerprint density at radius 1 is 0.550 bits per heavy atom. The quantitative estimate of drug-likeness (QED) is 0.0496. The third-order valence-electron chi connectivity index (χ3n) is 10.6.